The second-order valence-corrected chi connectivity index (χ2v) is 7.76. The molecule has 6 nitrogen and oxygen atoms in total. The number of pyridine rings is 1. The van der Waals surface area contributed by atoms with Crippen molar-refractivity contribution in [2.24, 2.45) is 0 Å². The van der Waals surface area contributed by atoms with Gasteiger partial charge in [-0.15, -0.1) is 0 Å². The zero-order valence-corrected chi connectivity index (χ0v) is 17.9. The molecule has 5 aromatic rings. The second-order valence-electron chi connectivity index (χ2n) is 7.76. The van der Waals surface area contributed by atoms with Crippen LogP contribution in [0, 0.1) is 0 Å². The summed E-state index contributed by atoms with van der Waals surface area (Å²) in [6.07, 6.45) is 7.61. The molecule has 0 aliphatic heterocycles. The lowest BCUT2D eigenvalue weighted by molar-refractivity contribution is 0.248. The molecule has 0 radical (unpaired) electrons. The number of para-hydroxylation sites is 1. The van der Waals surface area contributed by atoms with Crippen molar-refractivity contribution in [1.82, 2.24) is 29.4 Å². The van der Waals surface area contributed by atoms with Crippen LogP contribution in [0.15, 0.2) is 104 Å². The van der Waals surface area contributed by atoms with Crippen molar-refractivity contribution in [2.45, 2.75) is 13.2 Å². The first-order chi connectivity index (χ1) is 15.8. The Morgan fingerprint density at radius 3 is 2.31 bits per heavy atom. The summed E-state index contributed by atoms with van der Waals surface area (Å²) in [5, 5.41) is 9.46. The molecule has 0 aliphatic carbocycles. The maximum atomic E-state index is 4.93. The summed E-state index contributed by atoms with van der Waals surface area (Å²) in [5.74, 6) is 0. The van der Waals surface area contributed by atoms with Gasteiger partial charge in [0.1, 0.15) is 0 Å². The van der Waals surface area contributed by atoms with Gasteiger partial charge in [-0.25, -0.2) is 4.68 Å². The van der Waals surface area contributed by atoms with Gasteiger partial charge in [0.15, 0.2) is 0 Å². The van der Waals surface area contributed by atoms with Crippen LogP contribution in [-0.2, 0) is 13.2 Å². The summed E-state index contributed by atoms with van der Waals surface area (Å²) in [5.41, 5.74) is 6.42. The number of rotatable bonds is 7. The van der Waals surface area contributed by atoms with Gasteiger partial charge < -0.3 is 0 Å². The molecule has 158 valence electrons. The first-order valence-corrected chi connectivity index (χ1v) is 10.6. The molecule has 32 heavy (non-hydrogen) atoms. The molecule has 0 unspecified atom stereocenters. The second kappa shape index (κ2) is 8.99. The van der Waals surface area contributed by atoms with E-state index in [4.69, 9.17) is 5.10 Å². The van der Waals surface area contributed by atoms with Crippen LogP contribution in [0.1, 0.15) is 5.56 Å². The maximum Gasteiger partial charge on any atom is 0.0972 e. The predicted octanol–water partition coefficient (Wildman–Crippen LogP) is 4.89. The minimum Gasteiger partial charge on any atom is -0.283 e. The van der Waals surface area contributed by atoms with Gasteiger partial charge in [-0.1, -0.05) is 48.5 Å². The molecule has 3 aromatic heterocycles. The molecule has 3 heterocycles. The molecule has 2 aromatic carbocycles. The van der Waals surface area contributed by atoms with E-state index in [9.17, 15) is 0 Å². The van der Waals surface area contributed by atoms with Crippen LogP contribution >= 0.6 is 0 Å². The Kier molecular flexibility index (Phi) is 5.59. The van der Waals surface area contributed by atoms with Crippen molar-refractivity contribution < 1.29 is 0 Å². The molecular formula is C26H24N6. The van der Waals surface area contributed by atoms with Gasteiger partial charge in [-0.3, -0.25) is 14.6 Å². The molecule has 0 fully saturated rings. The smallest absolute Gasteiger partial charge is 0.0972 e. The summed E-state index contributed by atoms with van der Waals surface area (Å²) in [4.78, 5) is 6.48. The quantitative estimate of drug-likeness (QED) is 0.376. The van der Waals surface area contributed by atoms with Crippen molar-refractivity contribution in [3.8, 4) is 28.2 Å². The Balaban J connectivity index is 1.43. The largest absolute Gasteiger partial charge is 0.283 e. The molecule has 0 saturated carbocycles. The van der Waals surface area contributed by atoms with E-state index < -0.39 is 0 Å². The molecule has 6 heteroatoms. The van der Waals surface area contributed by atoms with Crippen LogP contribution < -0.4 is 0 Å². The third-order valence-corrected chi connectivity index (χ3v) is 5.35. The molecule has 0 saturated heterocycles. The molecule has 5 rings (SSSR count). The number of aromatic nitrogens is 5. The lowest BCUT2D eigenvalue weighted by Crippen LogP contribution is -2.23. The van der Waals surface area contributed by atoms with Crippen LogP contribution in [0.3, 0.4) is 0 Å². The van der Waals surface area contributed by atoms with E-state index in [1.807, 2.05) is 70.3 Å². The highest BCUT2D eigenvalue weighted by molar-refractivity contribution is 5.63. The predicted molar refractivity (Wildman–Crippen MR) is 126 cm³/mol. The number of hydrogen-bond acceptors (Lipinski definition) is 4. The van der Waals surface area contributed by atoms with Crippen LogP contribution in [0.25, 0.3) is 28.2 Å². The average Bonchev–Trinajstić information content (AvgIpc) is 3.48. The Morgan fingerprint density at radius 1 is 0.812 bits per heavy atom. The van der Waals surface area contributed by atoms with E-state index >= 15 is 0 Å². The highest BCUT2D eigenvalue weighted by Crippen LogP contribution is 2.25. The number of benzene rings is 2. The molecule has 0 bridgehead atoms. The average molecular weight is 421 g/mol. The van der Waals surface area contributed by atoms with E-state index in [0.29, 0.717) is 6.67 Å². The lowest BCUT2D eigenvalue weighted by atomic mass is 10.1. The normalized spacial score (nSPS) is 11.2. The van der Waals surface area contributed by atoms with E-state index in [2.05, 4.69) is 58.6 Å². The van der Waals surface area contributed by atoms with Crippen molar-refractivity contribution in [3.63, 3.8) is 0 Å². The van der Waals surface area contributed by atoms with Crippen molar-refractivity contribution in [2.75, 3.05) is 7.05 Å². The molecule has 0 N–H and O–H groups in total. The zero-order valence-electron chi connectivity index (χ0n) is 17.9. The first kappa shape index (κ1) is 19.9. The molecule has 0 aliphatic rings. The van der Waals surface area contributed by atoms with Gasteiger partial charge in [0.05, 0.1) is 23.7 Å². The highest BCUT2D eigenvalue weighted by Gasteiger charge is 2.15. The lowest BCUT2D eigenvalue weighted by Gasteiger charge is -2.18. The Labute approximate surface area is 187 Å². The fraction of sp³-hybridized carbons (Fsp3) is 0.115. The van der Waals surface area contributed by atoms with Gasteiger partial charge in [0.25, 0.3) is 0 Å². The monoisotopic (exact) mass is 420 g/mol. The molecule has 0 atom stereocenters. The first-order valence-electron chi connectivity index (χ1n) is 10.6. The topological polar surface area (TPSA) is 51.8 Å². The van der Waals surface area contributed by atoms with Gasteiger partial charge in [0, 0.05) is 48.0 Å². The fourth-order valence-electron chi connectivity index (χ4n) is 3.85. The van der Waals surface area contributed by atoms with E-state index in [0.717, 1.165) is 40.3 Å². The minimum atomic E-state index is 0.655. The van der Waals surface area contributed by atoms with Crippen molar-refractivity contribution in [1.29, 1.82) is 0 Å². The Morgan fingerprint density at radius 2 is 1.56 bits per heavy atom. The molecular weight excluding hydrogens is 396 g/mol. The van der Waals surface area contributed by atoms with Crippen molar-refractivity contribution in [3.05, 3.63) is 109 Å². The van der Waals surface area contributed by atoms with Gasteiger partial charge in [-0.2, -0.15) is 10.2 Å². The van der Waals surface area contributed by atoms with Crippen LogP contribution in [-0.4, -0.2) is 36.5 Å². The SMILES string of the molecule is CN(Cc1cn(-c2ccccc2)nc1-c1ccccc1)Cn1nccc1-c1cccnc1. The molecule has 0 spiro atoms. The van der Waals surface area contributed by atoms with E-state index in [1.54, 1.807) is 6.20 Å². The summed E-state index contributed by atoms with van der Waals surface area (Å²) >= 11 is 0. The standard InChI is InChI=1S/C26H24N6/c1-30(20-32-25(14-16-28-32)22-11-8-15-27-17-22)18-23-19-31(24-12-6-3-7-13-24)29-26(23)21-9-4-2-5-10-21/h2-17,19H,18,20H2,1H3. The number of hydrogen-bond donors (Lipinski definition) is 0. The fourth-order valence-corrected chi connectivity index (χ4v) is 3.85. The maximum absolute atomic E-state index is 4.93. The Bertz CT molecular complexity index is 1280. The van der Waals surface area contributed by atoms with Gasteiger partial charge >= 0.3 is 0 Å². The molecule has 0 amide bonds. The Hall–Kier alpha value is -4.03. The van der Waals surface area contributed by atoms with E-state index in [-0.39, 0.29) is 0 Å². The number of nitrogens with zero attached hydrogens (tertiary/aromatic N) is 6. The summed E-state index contributed by atoms with van der Waals surface area (Å²) < 4.78 is 3.96. The van der Waals surface area contributed by atoms with Crippen LogP contribution in [0.2, 0.25) is 0 Å². The summed E-state index contributed by atoms with van der Waals surface area (Å²) in [6.45, 7) is 1.39. The third-order valence-electron chi connectivity index (χ3n) is 5.35. The zero-order chi connectivity index (χ0) is 21.8. The third kappa shape index (κ3) is 4.22. The van der Waals surface area contributed by atoms with Crippen LogP contribution in [0.5, 0.6) is 0 Å². The minimum absolute atomic E-state index is 0.655. The summed E-state index contributed by atoms with van der Waals surface area (Å²) in [6, 6.07) is 26.6. The van der Waals surface area contributed by atoms with Gasteiger partial charge in [-0.05, 0) is 37.4 Å². The highest BCUT2D eigenvalue weighted by atomic mass is 15.4. The summed E-state index contributed by atoms with van der Waals surface area (Å²) in [7, 11) is 2.10. The van der Waals surface area contributed by atoms with Gasteiger partial charge in [0.2, 0.25) is 0 Å². The van der Waals surface area contributed by atoms with E-state index in [1.165, 1.54) is 0 Å². The van der Waals surface area contributed by atoms with Crippen molar-refractivity contribution >= 4 is 0 Å². The van der Waals surface area contributed by atoms with Crippen LogP contribution in [0.4, 0.5) is 0 Å².